The van der Waals surface area contributed by atoms with Crippen LogP contribution in [0.15, 0.2) is 42.5 Å². The van der Waals surface area contributed by atoms with Crippen LogP contribution in [0.4, 0.5) is 11.4 Å². The third-order valence-electron chi connectivity index (χ3n) is 5.12. The summed E-state index contributed by atoms with van der Waals surface area (Å²) in [6, 6.07) is 12.9. The van der Waals surface area contributed by atoms with Crippen molar-refractivity contribution in [2.24, 2.45) is 0 Å². The number of nitrogens with zero attached hydrogens (tertiary/aromatic N) is 1. The molecule has 2 heterocycles. The number of hydrogen-bond donors (Lipinski definition) is 1. The maximum absolute atomic E-state index is 11.1. The fourth-order valence-electron chi connectivity index (χ4n) is 3.74. The van der Waals surface area contributed by atoms with Gasteiger partial charge in [0, 0.05) is 23.4 Å². The Bertz CT molecular complexity index is 836. The summed E-state index contributed by atoms with van der Waals surface area (Å²) in [7, 11) is 0. The van der Waals surface area contributed by atoms with E-state index >= 15 is 0 Å². The lowest BCUT2D eigenvalue weighted by atomic mass is 9.86. The van der Waals surface area contributed by atoms with E-state index in [2.05, 4.69) is 37.4 Å². The number of nitro benzene ring substituents is 1. The van der Waals surface area contributed by atoms with Crippen LogP contribution >= 0.6 is 0 Å². The zero-order valence-corrected chi connectivity index (χ0v) is 14.8. The summed E-state index contributed by atoms with van der Waals surface area (Å²) in [5.74, 6) is 0.428. The molecule has 0 aliphatic carbocycles. The minimum absolute atomic E-state index is 0.0820. The number of anilines is 1. The van der Waals surface area contributed by atoms with Crippen LogP contribution in [0.25, 0.3) is 0 Å². The quantitative estimate of drug-likeness (QED) is 0.655. The molecule has 0 radical (unpaired) electrons. The molecular weight excluding hydrogens is 332 g/mol. The van der Waals surface area contributed by atoms with E-state index < -0.39 is 0 Å². The third-order valence-corrected chi connectivity index (χ3v) is 5.12. The summed E-state index contributed by atoms with van der Waals surface area (Å²) in [6.07, 6.45) is -0.399. The van der Waals surface area contributed by atoms with Gasteiger partial charge in [0.1, 0.15) is 12.2 Å². The van der Waals surface area contributed by atoms with Crippen molar-refractivity contribution in [2.75, 3.05) is 18.5 Å². The van der Waals surface area contributed by atoms with Crippen molar-refractivity contribution in [2.45, 2.75) is 38.0 Å². The second-order valence-electron chi connectivity index (χ2n) is 7.10. The van der Waals surface area contributed by atoms with Gasteiger partial charge in [-0.25, -0.2) is 0 Å². The minimum Gasteiger partial charge on any atom is -0.375 e. The van der Waals surface area contributed by atoms with Gasteiger partial charge in [-0.15, -0.1) is 0 Å². The molecule has 2 aromatic carbocycles. The molecule has 1 fully saturated rings. The predicted octanol–water partition coefficient (Wildman–Crippen LogP) is 4.34. The van der Waals surface area contributed by atoms with E-state index in [1.807, 2.05) is 6.07 Å². The van der Waals surface area contributed by atoms with Gasteiger partial charge in [-0.05, 0) is 23.1 Å². The third kappa shape index (κ3) is 2.95. The highest BCUT2D eigenvalue weighted by Gasteiger charge is 2.41. The van der Waals surface area contributed by atoms with Gasteiger partial charge in [-0.1, -0.05) is 38.1 Å². The van der Waals surface area contributed by atoms with E-state index in [-0.39, 0.29) is 28.9 Å². The number of non-ortho nitro benzene ring substituents is 1. The maximum atomic E-state index is 11.1. The Morgan fingerprint density at radius 1 is 1.15 bits per heavy atom. The van der Waals surface area contributed by atoms with Gasteiger partial charge in [0.05, 0.1) is 24.2 Å². The minimum atomic E-state index is -0.370. The van der Waals surface area contributed by atoms with Gasteiger partial charge >= 0.3 is 0 Å². The highest BCUT2D eigenvalue weighted by atomic mass is 16.6. The Morgan fingerprint density at radius 2 is 1.96 bits per heavy atom. The molecule has 0 amide bonds. The predicted molar refractivity (Wildman–Crippen MR) is 98.4 cm³/mol. The Balaban J connectivity index is 1.76. The van der Waals surface area contributed by atoms with E-state index in [9.17, 15) is 10.1 Å². The van der Waals surface area contributed by atoms with Crippen molar-refractivity contribution in [3.05, 3.63) is 69.3 Å². The van der Waals surface area contributed by atoms with Crippen LogP contribution in [-0.2, 0) is 9.47 Å². The van der Waals surface area contributed by atoms with Crippen molar-refractivity contribution < 1.29 is 14.4 Å². The first-order valence-electron chi connectivity index (χ1n) is 8.92. The SMILES string of the molecule is CC(C)c1ccc2c(c1)C1OCCOC1C(c1cccc([N+](=O)[O-])c1)N2. The lowest BCUT2D eigenvalue weighted by Gasteiger charge is -2.43. The van der Waals surface area contributed by atoms with Gasteiger partial charge < -0.3 is 14.8 Å². The smallest absolute Gasteiger partial charge is 0.269 e. The second-order valence-corrected chi connectivity index (χ2v) is 7.10. The van der Waals surface area contributed by atoms with Crippen LogP contribution < -0.4 is 5.32 Å². The molecule has 2 aromatic rings. The normalized spacial score (nSPS) is 24.5. The summed E-state index contributed by atoms with van der Waals surface area (Å²) >= 11 is 0. The number of nitro groups is 1. The fraction of sp³-hybridized carbons (Fsp3) is 0.400. The fourth-order valence-corrected chi connectivity index (χ4v) is 3.74. The molecule has 6 nitrogen and oxygen atoms in total. The van der Waals surface area contributed by atoms with Crippen LogP contribution in [0.5, 0.6) is 0 Å². The topological polar surface area (TPSA) is 73.6 Å². The van der Waals surface area contributed by atoms with E-state index in [0.717, 1.165) is 16.8 Å². The summed E-state index contributed by atoms with van der Waals surface area (Å²) in [5.41, 5.74) is 4.27. The van der Waals surface area contributed by atoms with Gasteiger partial charge in [0.2, 0.25) is 0 Å². The highest BCUT2D eigenvalue weighted by Crippen LogP contribution is 2.45. The Hall–Kier alpha value is -2.44. The molecule has 1 saturated heterocycles. The van der Waals surface area contributed by atoms with Crippen molar-refractivity contribution >= 4 is 11.4 Å². The van der Waals surface area contributed by atoms with E-state index in [0.29, 0.717) is 19.1 Å². The standard InChI is InChI=1S/C20H22N2O4/c1-12(2)13-6-7-17-16(11-13)19-20(26-9-8-25-19)18(21-17)14-4-3-5-15(10-14)22(23)24/h3-7,10-12,18-21H,8-9H2,1-2H3. The zero-order chi connectivity index (χ0) is 18.3. The highest BCUT2D eigenvalue weighted by molar-refractivity contribution is 5.59. The number of fused-ring (bicyclic) bond motifs is 3. The molecule has 26 heavy (non-hydrogen) atoms. The van der Waals surface area contributed by atoms with Gasteiger partial charge in [0.15, 0.2) is 0 Å². The largest absolute Gasteiger partial charge is 0.375 e. The second kappa shape index (κ2) is 6.70. The molecule has 0 aromatic heterocycles. The van der Waals surface area contributed by atoms with Crippen LogP contribution in [0.2, 0.25) is 0 Å². The van der Waals surface area contributed by atoms with Crippen LogP contribution in [-0.4, -0.2) is 24.2 Å². The number of benzene rings is 2. The number of nitrogens with one attached hydrogen (secondary N) is 1. The van der Waals surface area contributed by atoms with Gasteiger partial charge in [-0.3, -0.25) is 10.1 Å². The molecule has 0 spiro atoms. The number of rotatable bonds is 3. The monoisotopic (exact) mass is 354 g/mol. The Kier molecular flexibility index (Phi) is 4.38. The first-order chi connectivity index (χ1) is 12.5. The molecule has 0 bridgehead atoms. The lowest BCUT2D eigenvalue weighted by Crippen LogP contribution is -2.43. The first kappa shape index (κ1) is 17.0. The van der Waals surface area contributed by atoms with E-state index in [4.69, 9.17) is 9.47 Å². The molecule has 136 valence electrons. The average Bonchev–Trinajstić information content (AvgIpc) is 2.67. The van der Waals surface area contributed by atoms with Crippen molar-refractivity contribution in [3.8, 4) is 0 Å². The first-order valence-corrected chi connectivity index (χ1v) is 8.92. The molecule has 2 aliphatic heterocycles. The van der Waals surface area contributed by atoms with Crippen LogP contribution in [0.1, 0.15) is 48.6 Å². The van der Waals surface area contributed by atoms with Crippen LogP contribution in [0, 0.1) is 10.1 Å². The molecule has 2 aliphatic rings. The summed E-state index contributed by atoms with van der Waals surface area (Å²) in [4.78, 5) is 10.8. The van der Waals surface area contributed by atoms with E-state index in [1.165, 1.54) is 11.6 Å². The number of hydrogen-bond acceptors (Lipinski definition) is 5. The molecule has 6 heteroatoms. The Morgan fingerprint density at radius 3 is 2.73 bits per heavy atom. The average molecular weight is 354 g/mol. The van der Waals surface area contributed by atoms with Gasteiger partial charge in [0.25, 0.3) is 5.69 Å². The summed E-state index contributed by atoms with van der Waals surface area (Å²) < 4.78 is 12.1. The molecule has 0 saturated carbocycles. The molecule has 3 unspecified atom stereocenters. The summed E-state index contributed by atoms with van der Waals surface area (Å²) in [5, 5.41) is 14.7. The lowest BCUT2D eigenvalue weighted by molar-refractivity contribution is -0.384. The number of ether oxygens (including phenoxy) is 2. The molecule has 1 N–H and O–H groups in total. The van der Waals surface area contributed by atoms with Crippen molar-refractivity contribution in [1.29, 1.82) is 0 Å². The van der Waals surface area contributed by atoms with E-state index in [1.54, 1.807) is 12.1 Å². The van der Waals surface area contributed by atoms with Crippen molar-refractivity contribution in [3.63, 3.8) is 0 Å². The molecule has 3 atom stereocenters. The zero-order valence-electron chi connectivity index (χ0n) is 14.8. The van der Waals surface area contributed by atoms with Gasteiger partial charge in [-0.2, -0.15) is 0 Å². The summed E-state index contributed by atoms with van der Waals surface area (Å²) in [6.45, 7) is 5.40. The molecular formula is C20H22N2O4. The van der Waals surface area contributed by atoms with Crippen LogP contribution in [0.3, 0.4) is 0 Å². The maximum Gasteiger partial charge on any atom is 0.269 e. The molecule has 4 rings (SSSR count). The Labute approximate surface area is 152 Å². The van der Waals surface area contributed by atoms with Crippen molar-refractivity contribution in [1.82, 2.24) is 0 Å².